The molecule has 0 saturated heterocycles. The Bertz CT molecular complexity index is 2320. The van der Waals surface area contributed by atoms with E-state index in [0.717, 1.165) is 5.69 Å². The number of anilines is 3. The third-order valence-electron chi connectivity index (χ3n) is 9.38. The molecule has 0 aliphatic heterocycles. The molecule has 0 atom stereocenters. The van der Waals surface area contributed by atoms with E-state index in [0.29, 0.717) is 0 Å². The van der Waals surface area contributed by atoms with Gasteiger partial charge in [0.2, 0.25) is 0 Å². The average Bonchev–Trinajstić information content (AvgIpc) is 3.15. The molecule has 0 unspecified atom stereocenters. The highest BCUT2D eigenvalue weighted by Gasteiger charge is 2.23. The topological polar surface area (TPSA) is 3.24 Å². The normalized spacial score (nSPS) is 11.4. The molecule has 0 bridgehead atoms. The van der Waals surface area contributed by atoms with Gasteiger partial charge in [0.25, 0.3) is 0 Å². The Morgan fingerprint density at radius 2 is 0.553 bits per heavy atom. The summed E-state index contributed by atoms with van der Waals surface area (Å²) in [6, 6.07) is 68.3. The van der Waals surface area contributed by atoms with Gasteiger partial charge in [0, 0.05) is 27.2 Å². The van der Waals surface area contributed by atoms with Crippen molar-refractivity contribution < 1.29 is 0 Å². The van der Waals surface area contributed by atoms with Crippen molar-refractivity contribution >= 4 is 60.2 Å². The lowest BCUT2D eigenvalue weighted by atomic mass is 9.95. The highest BCUT2D eigenvalue weighted by atomic mass is 15.1. The van der Waals surface area contributed by atoms with Crippen LogP contribution in [0.2, 0.25) is 0 Å². The van der Waals surface area contributed by atoms with E-state index < -0.39 is 0 Å². The summed E-state index contributed by atoms with van der Waals surface area (Å²) in [5.74, 6) is 0. The van der Waals surface area contributed by atoms with Crippen LogP contribution in [0.3, 0.4) is 0 Å². The predicted molar refractivity (Wildman–Crippen MR) is 202 cm³/mol. The summed E-state index contributed by atoms with van der Waals surface area (Å²) < 4.78 is 0. The monoisotopic (exact) mass is 597 g/mol. The Morgan fingerprint density at radius 1 is 0.255 bits per heavy atom. The first-order valence-electron chi connectivity index (χ1n) is 16.2. The third kappa shape index (κ3) is 4.72. The summed E-state index contributed by atoms with van der Waals surface area (Å²) in [5.41, 5.74) is 8.36. The Morgan fingerprint density at radius 3 is 0.936 bits per heavy atom. The van der Waals surface area contributed by atoms with Crippen LogP contribution in [0.4, 0.5) is 17.1 Å². The Balaban J connectivity index is 1.29. The van der Waals surface area contributed by atoms with Crippen LogP contribution in [-0.2, 0) is 0 Å². The molecule has 1 nitrogen and oxygen atoms in total. The molecule has 220 valence electrons. The van der Waals surface area contributed by atoms with Crippen molar-refractivity contribution in [1.29, 1.82) is 0 Å². The van der Waals surface area contributed by atoms with Crippen molar-refractivity contribution in [3.63, 3.8) is 0 Å². The summed E-state index contributed by atoms with van der Waals surface area (Å²) in [6.07, 6.45) is 0. The van der Waals surface area contributed by atoms with E-state index in [4.69, 9.17) is 0 Å². The van der Waals surface area contributed by atoms with Crippen LogP contribution >= 0.6 is 0 Å². The van der Waals surface area contributed by atoms with E-state index in [9.17, 15) is 0 Å². The van der Waals surface area contributed by atoms with Crippen LogP contribution in [0.25, 0.3) is 65.3 Å². The largest absolute Gasteiger partial charge is 0.308 e. The number of hydrogen-bond acceptors (Lipinski definition) is 1. The first-order chi connectivity index (χ1) is 23.3. The van der Waals surface area contributed by atoms with Gasteiger partial charge < -0.3 is 4.90 Å². The summed E-state index contributed by atoms with van der Waals surface area (Å²) >= 11 is 0. The van der Waals surface area contributed by atoms with Gasteiger partial charge >= 0.3 is 0 Å². The maximum atomic E-state index is 2.51. The average molecular weight is 598 g/mol. The molecule has 9 aromatic carbocycles. The number of benzene rings is 9. The lowest BCUT2D eigenvalue weighted by molar-refractivity contribution is 1.34. The fourth-order valence-electron chi connectivity index (χ4n) is 7.12. The summed E-state index contributed by atoms with van der Waals surface area (Å²) in [6.45, 7) is 0. The smallest absolute Gasteiger partial charge is 0.0618 e. The molecule has 0 amide bonds. The number of nitrogens with zero attached hydrogens (tertiary/aromatic N) is 1. The molecular weight excluding hydrogens is 567 g/mol. The molecule has 0 N–H and O–H groups in total. The second-order valence-electron chi connectivity index (χ2n) is 12.2. The van der Waals surface area contributed by atoms with Gasteiger partial charge in [-0.2, -0.15) is 0 Å². The maximum Gasteiger partial charge on any atom is 0.0618 e. The second kappa shape index (κ2) is 11.3. The molecule has 0 heterocycles. The van der Waals surface area contributed by atoms with E-state index in [1.807, 2.05) is 0 Å². The lowest BCUT2D eigenvalue weighted by Crippen LogP contribution is -2.12. The number of hydrogen-bond donors (Lipinski definition) is 0. The zero-order chi connectivity index (χ0) is 31.2. The molecule has 0 fully saturated rings. The minimum atomic E-state index is 1.12. The third-order valence-corrected chi connectivity index (χ3v) is 9.38. The standard InChI is InChI=1S/C46H31N/c1-2-12-32(13-3-1)33-22-24-34(25-23-33)35-26-28-40(29-27-35)47(45-41-18-8-4-14-36(41)30-37-15-5-9-19-42(37)45)46-43-20-10-6-16-38(43)31-39-17-7-11-21-44(39)46/h1-31H. The van der Waals surface area contributed by atoms with E-state index in [2.05, 4.69) is 193 Å². The van der Waals surface area contributed by atoms with Crippen LogP contribution < -0.4 is 4.90 Å². The molecule has 0 aromatic heterocycles. The molecule has 0 spiro atoms. The number of fused-ring (bicyclic) bond motifs is 4. The minimum absolute atomic E-state index is 1.12. The van der Waals surface area contributed by atoms with E-state index in [1.54, 1.807) is 0 Å². The fourth-order valence-corrected chi connectivity index (χ4v) is 7.12. The van der Waals surface area contributed by atoms with Crippen molar-refractivity contribution in [2.24, 2.45) is 0 Å². The van der Waals surface area contributed by atoms with Gasteiger partial charge in [-0.15, -0.1) is 0 Å². The first kappa shape index (κ1) is 27.2. The first-order valence-corrected chi connectivity index (χ1v) is 16.2. The maximum absolute atomic E-state index is 2.51. The van der Waals surface area contributed by atoms with Gasteiger partial charge in [-0.1, -0.05) is 164 Å². The van der Waals surface area contributed by atoms with Crippen LogP contribution in [0.5, 0.6) is 0 Å². The molecule has 9 rings (SSSR count). The molecule has 9 aromatic rings. The van der Waals surface area contributed by atoms with Crippen LogP contribution in [0.1, 0.15) is 0 Å². The highest BCUT2D eigenvalue weighted by molar-refractivity contribution is 6.20. The second-order valence-corrected chi connectivity index (χ2v) is 12.2. The zero-order valence-electron chi connectivity index (χ0n) is 25.8. The Hall–Kier alpha value is -6.18. The van der Waals surface area contributed by atoms with Crippen molar-refractivity contribution in [3.8, 4) is 22.3 Å². The zero-order valence-corrected chi connectivity index (χ0v) is 25.8. The van der Waals surface area contributed by atoms with Crippen molar-refractivity contribution in [2.75, 3.05) is 4.90 Å². The summed E-state index contributed by atoms with van der Waals surface area (Å²) in [5, 5.41) is 9.81. The Kier molecular flexibility index (Phi) is 6.54. The minimum Gasteiger partial charge on any atom is -0.308 e. The van der Waals surface area contributed by atoms with Crippen molar-refractivity contribution in [1.82, 2.24) is 0 Å². The van der Waals surface area contributed by atoms with Gasteiger partial charge in [-0.05, 0) is 68.1 Å². The Labute approximate surface area is 274 Å². The SMILES string of the molecule is c1ccc(-c2ccc(-c3ccc(N(c4c5ccccc5cc5ccccc45)c4c5ccccc5cc5ccccc45)cc3)cc2)cc1. The summed E-state index contributed by atoms with van der Waals surface area (Å²) in [4.78, 5) is 2.51. The molecular formula is C46H31N. The van der Waals surface area contributed by atoms with Gasteiger partial charge in [0.15, 0.2) is 0 Å². The van der Waals surface area contributed by atoms with Gasteiger partial charge in [-0.3, -0.25) is 0 Å². The summed E-state index contributed by atoms with van der Waals surface area (Å²) in [7, 11) is 0. The quantitative estimate of drug-likeness (QED) is 0.178. The van der Waals surface area contributed by atoms with Crippen molar-refractivity contribution in [3.05, 3.63) is 188 Å². The number of rotatable bonds is 5. The van der Waals surface area contributed by atoms with Gasteiger partial charge in [-0.25, -0.2) is 0 Å². The molecule has 0 aliphatic carbocycles. The predicted octanol–water partition coefficient (Wildman–Crippen LogP) is 13.1. The molecule has 0 aliphatic rings. The lowest BCUT2D eigenvalue weighted by Gasteiger charge is -2.31. The van der Waals surface area contributed by atoms with Gasteiger partial charge in [0.05, 0.1) is 11.4 Å². The van der Waals surface area contributed by atoms with E-state index >= 15 is 0 Å². The van der Waals surface area contributed by atoms with E-state index in [-0.39, 0.29) is 0 Å². The molecule has 1 heteroatoms. The van der Waals surface area contributed by atoms with Gasteiger partial charge in [0.1, 0.15) is 0 Å². The highest BCUT2D eigenvalue weighted by Crippen LogP contribution is 2.48. The fraction of sp³-hybridized carbons (Fsp3) is 0. The molecule has 0 radical (unpaired) electrons. The van der Waals surface area contributed by atoms with Crippen LogP contribution in [0, 0.1) is 0 Å². The van der Waals surface area contributed by atoms with E-state index in [1.165, 1.54) is 76.7 Å². The molecule has 47 heavy (non-hydrogen) atoms. The van der Waals surface area contributed by atoms with Crippen LogP contribution in [-0.4, -0.2) is 0 Å². The van der Waals surface area contributed by atoms with Crippen molar-refractivity contribution in [2.45, 2.75) is 0 Å². The van der Waals surface area contributed by atoms with Crippen LogP contribution in [0.15, 0.2) is 188 Å². The molecule has 0 saturated carbocycles.